The van der Waals surface area contributed by atoms with Gasteiger partial charge in [-0.25, -0.2) is 9.97 Å². The molecule has 0 saturated carbocycles. The molecule has 0 saturated heterocycles. The highest BCUT2D eigenvalue weighted by Gasteiger charge is 2.31. The van der Waals surface area contributed by atoms with Crippen LogP contribution in [0.5, 0.6) is 5.75 Å². The summed E-state index contributed by atoms with van der Waals surface area (Å²) < 4.78 is 41.0. The summed E-state index contributed by atoms with van der Waals surface area (Å²) in [5.74, 6) is -0.678. The van der Waals surface area contributed by atoms with Crippen LogP contribution < -0.4 is 10.1 Å². The van der Waals surface area contributed by atoms with Crippen LogP contribution in [0.3, 0.4) is 0 Å². The summed E-state index contributed by atoms with van der Waals surface area (Å²) in [6, 6.07) is 9.43. The lowest BCUT2D eigenvalue weighted by atomic mass is 10.1. The van der Waals surface area contributed by atoms with Crippen LogP contribution in [0.1, 0.15) is 17.4 Å². The highest BCUT2D eigenvalue weighted by molar-refractivity contribution is 5.94. The first kappa shape index (κ1) is 21.2. The number of nitrogens with one attached hydrogen (secondary N) is 1. The fourth-order valence-corrected chi connectivity index (χ4v) is 2.51. The molecule has 0 unspecified atom stereocenters. The number of aromatic nitrogens is 3. The van der Waals surface area contributed by atoms with Crippen LogP contribution in [-0.4, -0.2) is 45.0 Å². The SMILES string of the molecule is C[C@@H](CO)NC(=O)c1cc(-c2ccc(OC(F)(F)F)cc2)nc(-c2cccnc2)n1. The van der Waals surface area contributed by atoms with Crippen molar-refractivity contribution < 1.29 is 27.8 Å². The summed E-state index contributed by atoms with van der Waals surface area (Å²) in [5.41, 5.74) is 1.38. The Hall–Kier alpha value is -3.53. The van der Waals surface area contributed by atoms with E-state index in [1.54, 1.807) is 25.3 Å². The van der Waals surface area contributed by atoms with Crippen LogP contribution in [0.2, 0.25) is 0 Å². The number of aliphatic hydroxyl groups excluding tert-OH is 1. The standard InChI is InChI=1S/C20H17F3N4O3/c1-12(11-28)25-19(29)17-9-16(26-18(27-17)14-3-2-8-24-10-14)13-4-6-15(7-5-13)30-20(21,22)23/h2-10,12,28H,11H2,1H3,(H,25,29)/t12-/m0/s1. The van der Waals surface area contributed by atoms with E-state index in [0.29, 0.717) is 16.8 Å². The minimum absolute atomic E-state index is 0.0368. The number of hydrogen-bond acceptors (Lipinski definition) is 6. The van der Waals surface area contributed by atoms with Gasteiger partial charge < -0.3 is 15.2 Å². The van der Waals surface area contributed by atoms with Crippen molar-refractivity contribution in [2.45, 2.75) is 19.3 Å². The van der Waals surface area contributed by atoms with E-state index in [1.165, 1.54) is 24.4 Å². The molecule has 0 spiro atoms. The highest BCUT2D eigenvalue weighted by atomic mass is 19.4. The van der Waals surface area contributed by atoms with Gasteiger partial charge in [0.15, 0.2) is 5.82 Å². The number of hydrogen-bond donors (Lipinski definition) is 2. The van der Waals surface area contributed by atoms with Crippen LogP contribution in [0.25, 0.3) is 22.6 Å². The molecule has 3 aromatic rings. The lowest BCUT2D eigenvalue weighted by Gasteiger charge is -2.13. The van der Waals surface area contributed by atoms with Gasteiger partial charge in [0.25, 0.3) is 5.91 Å². The number of aliphatic hydroxyl groups is 1. The van der Waals surface area contributed by atoms with E-state index < -0.39 is 18.3 Å². The molecule has 3 rings (SSSR count). The Morgan fingerprint density at radius 3 is 2.50 bits per heavy atom. The third kappa shape index (κ3) is 5.51. The predicted octanol–water partition coefficient (Wildman–Crippen LogP) is 3.21. The smallest absolute Gasteiger partial charge is 0.406 e. The van der Waals surface area contributed by atoms with Gasteiger partial charge in [-0.15, -0.1) is 13.2 Å². The number of amides is 1. The van der Waals surface area contributed by atoms with Gasteiger partial charge >= 0.3 is 6.36 Å². The maximum absolute atomic E-state index is 12.5. The highest BCUT2D eigenvalue weighted by Crippen LogP contribution is 2.27. The van der Waals surface area contributed by atoms with E-state index in [1.807, 2.05) is 0 Å². The van der Waals surface area contributed by atoms with Crippen molar-refractivity contribution in [2.24, 2.45) is 0 Å². The number of ether oxygens (including phenoxy) is 1. The number of pyridine rings is 1. The van der Waals surface area contributed by atoms with E-state index in [2.05, 4.69) is 25.0 Å². The third-order valence-corrected chi connectivity index (χ3v) is 3.91. The lowest BCUT2D eigenvalue weighted by molar-refractivity contribution is -0.274. The Balaban J connectivity index is 2.00. The fraction of sp³-hybridized carbons (Fsp3) is 0.200. The second-order valence-electron chi connectivity index (χ2n) is 6.33. The summed E-state index contributed by atoms with van der Waals surface area (Å²) in [6.45, 7) is 1.38. The first-order valence-electron chi connectivity index (χ1n) is 8.82. The van der Waals surface area contributed by atoms with Crippen molar-refractivity contribution in [3.05, 3.63) is 60.6 Å². The molecule has 10 heteroatoms. The molecule has 1 atom stereocenters. The molecule has 2 aromatic heterocycles. The van der Waals surface area contributed by atoms with E-state index in [4.69, 9.17) is 5.11 Å². The number of nitrogens with zero attached hydrogens (tertiary/aromatic N) is 3. The molecule has 0 radical (unpaired) electrons. The summed E-state index contributed by atoms with van der Waals surface area (Å²) in [5, 5.41) is 11.8. The molecule has 7 nitrogen and oxygen atoms in total. The summed E-state index contributed by atoms with van der Waals surface area (Å²) in [7, 11) is 0. The summed E-state index contributed by atoms with van der Waals surface area (Å²) >= 11 is 0. The number of alkyl halides is 3. The number of carbonyl (C=O) groups is 1. The lowest BCUT2D eigenvalue weighted by Crippen LogP contribution is -2.35. The van der Waals surface area contributed by atoms with Crippen molar-refractivity contribution in [1.82, 2.24) is 20.3 Å². The van der Waals surface area contributed by atoms with Crippen LogP contribution in [0, 0.1) is 0 Å². The average molecular weight is 418 g/mol. The molecule has 0 fully saturated rings. The van der Waals surface area contributed by atoms with Crippen LogP contribution in [0.15, 0.2) is 54.9 Å². The Morgan fingerprint density at radius 1 is 1.17 bits per heavy atom. The number of halogens is 3. The van der Waals surface area contributed by atoms with Gasteiger partial charge in [0.2, 0.25) is 0 Å². The topological polar surface area (TPSA) is 97.2 Å². The van der Waals surface area contributed by atoms with Gasteiger partial charge in [0, 0.05) is 29.6 Å². The van der Waals surface area contributed by atoms with Gasteiger partial charge in [-0.05, 0) is 49.4 Å². The van der Waals surface area contributed by atoms with Crippen molar-refractivity contribution in [2.75, 3.05) is 6.61 Å². The van der Waals surface area contributed by atoms with Gasteiger partial charge in [-0.1, -0.05) is 0 Å². The second-order valence-corrected chi connectivity index (χ2v) is 6.33. The first-order valence-corrected chi connectivity index (χ1v) is 8.82. The van der Waals surface area contributed by atoms with Crippen molar-refractivity contribution in [3.8, 4) is 28.4 Å². The molecule has 1 aromatic carbocycles. The molecule has 2 heterocycles. The number of benzene rings is 1. The zero-order chi connectivity index (χ0) is 21.7. The Bertz CT molecular complexity index is 1010. The molecule has 0 aliphatic rings. The molecule has 156 valence electrons. The van der Waals surface area contributed by atoms with E-state index >= 15 is 0 Å². The predicted molar refractivity (Wildman–Crippen MR) is 101 cm³/mol. The zero-order valence-corrected chi connectivity index (χ0v) is 15.7. The van der Waals surface area contributed by atoms with E-state index in [9.17, 15) is 18.0 Å². The first-order chi connectivity index (χ1) is 14.2. The maximum Gasteiger partial charge on any atom is 0.573 e. The zero-order valence-electron chi connectivity index (χ0n) is 15.7. The van der Waals surface area contributed by atoms with Crippen molar-refractivity contribution in [3.63, 3.8) is 0 Å². The monoisotopic (exact) mass is 418 g/mol. The third-order valence-electron chi connectivity index (χ3n) is 3.91. The van der Waals surface area contributed by atoms with Gasteiger partial charge in [-0.3, -0.25) is 9.78 Å². The minimum atomic E-state index is -4.79. The average Bonchev–Trinajstić information content (AvgIpc) is 2.73. The molecule has 0 bridgehead atoms. The summed E-state index contributed by atoms with van der Waals surface area (Å²) in [4.78, 5) is 25.2. The van der Waals surface area contributed by atoms with E-state index in [-0.39, 0.29) is 23.9 Å². The Labute approximate surface area is 169 Å². The van der Waals surface area contributed by atoms with Crippen molar-refractivity contribution >= 4 is 5.91 Å². The number of carbonyl (C=O) groups excluding carboxylic acids is 1. The second kappa shape index (κ2) is 8.87. The molecule has 30 heavy (non-hydrogen) atoms. The molecular formula is C20H17F3N4O3. The van der Waals surface area contributed by atoms with Gasteiger partial charge in [-0.2, -0.15) is 0 Å². The maximum atomic E-state index is 12.5. The van der Waals surface area contributed by atoms with E-state index in [0.717, 1.165) is 12.1 Å². The molecule has 2 N–H and O–H groups in total. The minimum Gasteiger partial charge on any atom is -0.406 e. The van der Waals surface area contributed by atoms with Crippen molar-refractivity contribution in [1.29, 1.82) is 0 Å². The Morgan fingerprint density at radius 2 is 1.90 bits per heavy atom. The molecule has 0 aliphatic carbocycles. The molecule has 0 aliphatic heterocycles. The quantitative estimate of drug-likeness (QED) is 0.638. The molecular weight excluding hydrogens is 401 g/mol. The molecule has 1 amide bonds. The van der Waals surface area contributed by atoms with Crippen LogP contribution >= 0.6 is 0 Å². The van der Waals surface area contributed by atoms with Gasteiger partial charge in [0.05, 0.1) is 12.3 Å². The van der Waals surface area contributed by atoms with Crippen LogP contribution in [0.4, 0.5) is 13.2 Å². The fourth-order valence-electron chi connectivity index (χ4n) is 2.51. The number of rotatable bonds is 6. The van der Waals surface area contributed by atoms with Crippen LogP contribution in [-0.2, 0) is 0 Å². The normalized spacial score (nSPS) is 12.3. The summed E-state index contributed by atoms with van der Waals surface area (Å²) in [6.07, 6.45) is -1.70. The van der Waals surface area contributed by atoms with Gasteiger partial charge in [0.1, 0.15) is 11.4 Å². The Kier molecular flexibility index (Phi) is 6.26. The largest absolute Gasteiger partial charge is 0.573 e.